The minimum atomic E-state index is -3.98. The van der Waals surface area contributed by atoms with E-state index in [2.05, 4.69) is 41.9 Å². The van der Waals surface area contributed by atoms with Gasteiger partial charge in [0.1, 0.15) is 11.9 Å². The molecule has 3 aromatic carbocycles. The average Bonchev–Trinajstić information content (AvgIpc) is 2.70. The van der Waals surface area contributed by atoms with Crippen LogP contribution in [-0.4, -0.2) is 20.4 Å². The van der Waals surface area contributed by atoms with E-state index in [4.69, 9.17) is 0 Å². The summed E-state index contributed by atoms with van der Waals surface area (Å²) < 4.78 is 43.5. The van der Waals surface area contributed by atoms with E-state index in [1.165, 1.54) is 24.3 Å². The third-order valence-electron chi connectivity index (χ3n) is 4.21. The lowest BCUT2D eigenvalue weighted by Crippen LogP contribution is -2.45. The van der Waals surface area contributed by atoms with Crippen LogP contribution in [0.4, 0.5) is 10.1 Å². The molecule has 0 aliphatic heterocycles. The summed E-state index contributed by atoms with van der Waals surface area (Å²) in [6, 6.07) is 18.1. The number of carbonyl (C=O) groups excluding carboxylic acids is 1. The number of carbonyl (C=O) groups is 1. The lowest BCUT2D eigenvalue weighted by Gasteiger charge is -2.19. The zero-order chi connectivity index (χ0) is 21.7. The predicted molar refractivity (Wildman–Crippen MR) is 121 cm³/mol. The molecule has 1 amide bonds. The van der Waals surface area contributed by atoms with Gasteiger partial charge in [0.2, 0.25) is 15.9 Å². The van der Waals surface area contributed by atoms with Crippen LogP contribution < -0.4 is 10.0 Å². The monoisotopic (exact) mass is 554 g/mol. The molecule has 3 aromatic rings. The van der Waals surface area contributed by atoms with Crippen LogP contribution in [0.2, 0.25) is 0 Å². The van der Waals surface area contributed by atoms with Gasteiger partial charge in [0.15, 0.2) is 0 Å². The molecule has 0 saturated heterocycles. The van der Waals surface area contributed by atoms with Crippen molar-refractivity contribution in [2.75, 3.05) is 5.32 Å². The van der Waals surface area contributed by atoms with E-state index in [1.54, 1.807) is 42.5 Å². The topological polar surface area (TPSA) is 75.3 Å². The maximum Gasteiger partial charge on any atom is 0.242 e. The molecule has 0 aromatic heterocycles. The van der Waals surface area contributed by atoms with Crippen molar-refractivity contribution < 1.29 is 17.6 Å². The van der Waals surface area contributed by atoms with E-state index >= 15 is 0 Å². The minimum Gasteiger partial charge on any atom is -0.322 e. The third-order valence-corrected chi connectivity index (χ3v) is 6.72. The summed E-state index contributed by atoms with van der Waals surface area (Å²) in [5.41, 5.74) is 0.719. The fourth-order valence-electron chi connectivity index (χ4n) is 2.72. The summed E-state index contributed by atoms with van der Waals surface area (Å²) in [7, 11) is -3.98. The molecular formula is C21H17Br2FN2O3S. The lowest BCUT2D eigenvalue weighted by atomic mass is 10.1. The van der Waals surface area contributed by atoms with E-state index in [-0.39, 0.29) is 17.0 Å². The van der Waals surface area contributed by atoms with Crippen molar-refractivity contribution in [1.82, 2.24) is 4.72 Å². The Bertz CT molecular complexity index is 1140. The Morgan fingerprint density at radius 3 is 2.20 bits per heavy atom. The van der Waals surface area contributed by atoms with Crippen molar-refractivity contribution in [2.24, 2.45) is 0 Å². The molecule has 0 saturated carbocycles. The van der Waals surface area contributed by atoms with Crippen LogP contribution in [-0.2, 0) is 21.2 Å². The smallest absolute Gasteiger partial charge is 0.242 e. The molecule has 0 unspecified atom stereocenters. The van der Waals surface area contributed by atoms with Gasteiger partial charge in [-0.15, -0.1) is 0 Å². The largest absolute Gasteiger partial charge is 0.322 e. The zero-order valence-corrected chi connectivity index (χ0v) is 19.5. The van der Waals surface area contributed by atoms with Crippen molar-refractivity contribution in [3.8, 4) is 0 Å². The summed E-state index contributed by atoms with van der Waals surface area (Å²) in [5.74, 6) is -1.30. The Labute approximate surface area is 191 Å². The second-order valence-corrected chi connectivity index (χ2v) is 9.98. The summed E-state index contributed by atoms with van der Waals surface area (Å²) in [6.45, 7) is 0. The Morgan fingerprint density at radius 1 is 0.933 bits per heavy atom. The molecule has 156 valence electrons. The number of anilines is 1. The Morgan fingerprint density at radius 2 is 1.57 bits per heavy atom. The number of halogens is 3. The first-order valence-electron chi connectivity index (χ1n) is 8.82. The normalized spacial score (nSPS) is 12.4. The van der Waals surface area contributed by atoms with Crippen molar-refractivity contribution >= 4 is 53.5 Å². The fraction of sp³-hybridized carbons (Fsp3) is 0.0952. The highest BCUT2D eigenvalue weighted by molar-refractivity contribution is 9.10. The second-order valence-electron chi connectivity index (χ2n) is 6.43. The van der Waals surface area contributed by atoms with Crippen molar-refractivity contribution in [2.45, 2.75) is 17.4 Å². The van der Waals surface area contributed by atoms with Gasteiger partial charge < -0.3 is 5.32 Å². The maximum atomic E-state index is 14.2. The van der Waals surface area contributed by atoms with Gasteiger partial charge in [0, 0.05) is 8.95 Å². The molecular weight excluding hydrogens is 539 g/mol. The first-order chi connectivity index (χ1) is 14.2. The van der Waals surface area contributed by atoms with Gasteiger partial charge in [-0.3, -0.25) is 4.79 Å². The van der Waals surface area contributed by atoms with E-state index in [1.807, 2.05) is 6.07 Å². The number of sulfonamides is 1. The third kappa shape index (κ3) is 5.98. The first kappa shape index (κ1) is 22.6. The van der Waals surface area contributed by atoms with Crippen LogP contribution in [0.15, 0.2) is 86.6 Å². The highest BCUT2D eigenvalue weighted by Gasteiger charge is 2.26. The zero-order valence-electron chi connectivity index (χ0n) is 15.5. The van der Waals surface area contributed by atoms with Crippen molar-refractivity contribution in [3.05, 3.63) is 93.1 Å². The second kappa shape index (κ2) is 9.82. The molecule has 0 fully saturated rings. The molecule has 2 N–H and O–H groups in total. The van der Waals surface area contributed by atoms with Gasteiger partial charge in [-0.25, -0.2) is 12.8 Å². The Kier molecular flexibility index (Phi) is 7.41. The van der Waals surface area contributed by atoms with Gasteiger partial charge in [-0.05, 0) is 54.4 Å². The molecule has 30 heavy (non-hydrogen) atoms. The quantitative estimate of drug-likeness (QED) is 0.436. The summed E-state index contributed by atoms with van der Waals surface area (Å²) in [4.78, 5) is 12.9. The predicted octanol–water partition coefficient (Wildman–Crippen LogP) is 4.88. The highest BCUT2D eigenvalue weighted by Crippen LogP contribution is 2.20. The number of hydrogen-bond acceptors (Lipinski definition) is 3. The van der Waals surface area contributed by atoms with Crippen LogP contribution in [0.25, 0.3) is 0 Å². The van der Waals surface area contributed by atoms with Crippen LogP contribution in [0.3, 0.4) is 0 Å². The molecule has 1 atom stereocenters. The number of benzene rings is 3. The summed E-state index contributed by atoms with van der Waals surface area (Å²) in [5, 5.41) is 2.47. The number of rotatable bonds is 7. The number of amides is 1. The summed E-state index contributed by atoms with van der Waals surface area (Å²) >= 11 is 6.42. The molecule has 0 aliphatic rings. The van der Waals surface area contributed by atoms with Crippen molar-refractivity contribution in [3.63, 3.8) is 0 Å². The standard InChI is InChI=1S/C21H17Br2FN2O3S/c22-15-6-9-17(10-7-15)30(28,29)26-20(12-14-4-2-1-3-5-14)21(27)25-19-11-8-16(23)13-18(19)24/h1-11,13,20,26H,12H2,(H,25,27)/t20-/m0/s1. The molecule has 9 heteroatoms. The Balaban J connectivity index is 1.87. The first-order valence-corrected chi connectivity index (χ1v) is 11.9. The highest BCUT2D eigenvalue weighted by atomic mass is 79.9. The van der Waals surface area contributed by atoms with Gasteiger partial charge >= 0.3 is 0 Å². The van der Waals surface area contributed by atoms with Crippen LogP contribution in [0, 0.1) is 5.82 Å². The van der Waals surface area contributed by atoms with E-state index in [0.717, 1.165) is 10.0 Å². The SMILES string of the molecule is O=C(Nc1ccc(Br)cc1F)[C@H](Cc1ccccc1)NS(=O)(=O)c1ccc(Br)cc1. The molecule has 5 nitrogen and oxygen atoms in total. The van der Waals surface area contributed by atoms with Gasteiger partial charge in [0.05, 0.1) is 10.6 Å². The van der Waals surface area contributed by atoms with Crippen LogP contribution >= 0.6 is 31.9 Å². The molecule has 0 heterocycles. The molecule has 0 aliphatic carbocycles. The molecule has 0 spiro atoms. The molecule has 0 bridgehead atoms. The van der Waals surface area contributed by atoms with Gasteiger partial charge in [0.25, 0.3) is 0 Å². The Hall–Kier alpha value is -2.07. The maximum absolute atomic E-state index is 14.2. The molecule has 3 rings (SSSR count). The fourth-order valence-corrected chi connectivity index (χ4v) is 4.51. The number of hydrogen-bond donors (Lipinski definition) is 2. The van der Waals surface area contributed by atoms with Crippen LogP contribution in [0.5, 0.6) is 0 Å². The lowest BCUT2D eigenvalue weighted by molar-refractivity contribution is -0.117. The molecule has 0 radical (unpaired) electrons. The number of nitrogens with one attached hydrogen (secondary N) is 2. The van der Waals surface area contributed by atoms with Gasteiger partial charge in [-0.1, -0.05) is 62.2 Å². The van der Waals surface area contributed by atoms with Crippen LogP contribution in [0.1, 0.15) is 5.56 Å². The van der Waals surface area contributed by atoms with E-state index in [9.17, 15) is 17.6 Å². The van der Waals surface area contributed by atoms with E-state index in [0.29, 0.717) is 4.47 Å². The van der Waals surface area contributed by atoms with E-state index < -0.39 is 27.8 Å². The van der Waals surface area contributed by atoms with Gasteiger partial charge in [-0.2, -0.15) is 4.72 Å². The summed E-state index contributed by atoms with van der Waals surface area (Å²) in [6.07, 6.45) is 0.0978. The minimum absolute atomic E-state index is 0.0198. The van der Waals surface area contributed by atoms with Crippen molar-refractivity contribution in [1.29, 1.82) is 0 Å². The average molecular weight is 556 g/mol.